The van der Waals surface area contributed by atoms with Crippen LogP contribution in [0.5, 0.6) is 0 Å². The van der Waals surface area contributed by atoms with Crippen molar-refractivity contribution in [2.24, 2.45) is 0 Å². The maximum absolute atomic E-state index is 11.5. The monoisotopic (exact) mass is 217 g/mol. The molecule has 5 nitrogen and oxygen atoms in total. The zero-order valence-electron chi connectivity index (χ0n) is 9.02. The van der Waals surface area contributed by atoms with Crippen LogP contribution in [0, 0.1) is 6.92 Å². The van der Waals surface area contributed by atoms with Crippen molar-refractivity contribution >= 4 is 5.97 Å². The van der Waals surface area contributed by atoms with Gasteiger partial charge >= 0.3 is 5.97 Å². The Kier molecular flexibility index (Phi) is 2.68. The lowest BCUT2D eigenvalue weighted by atomic mass is 10.1. The van der Waals surface area contributed by atoms with E-state index in [2.05, 4.69) is 15.2 Å². The van der Waals surface area contributed by atoms with Gasteiger partial charge in [0.25, 0.3) is 0 Å². The number of rotatable bonds is 2. The van der Waals surface area contributed by atoms with E-state index in [-0.39, 0.29) is 0 Å². The number of aromatic amines is 1. The third-order valence-electron chi connectivity index (χ3n) is 2.17. The second kappa shape index (κ2) is 4.14. The van der Waals surface area contributed by atoms with E-state index >= 15 is 0 Å². The molecule has 0 saturated carbocycles. The predicted molar refractivity (Wildman–Crippen MR) is 57.9 cm³/mol. The highest BCUT2D eigenvalue weighted by atomic mass is 16.5. The second-order valence-electron chi connectivity index (χ2n) is 3.28. The molecule has 16 heavy (non-hydrogen) atoms. The van der Waals surface area contributed by atoms with Gasteiger partial charge in [-0.3, -0.25) is 5.10 Å². The summed E-state index contributed by atoms with van der Waals surface area (Å²) in [5.74, 6) is 0.811. The van der Waals surface area contributed by atoms with Crippen LogP contribution in [0.1, 0.15) is 16.2 Å². The smallest absolute Gasteiger partial charge is 0.338 e. The van der Waals surface area contributed by atoms with Crippen LogP contribution in [0.25, 0.3) is 11.4 Å². The van der Waals surface area contributed by atoms with Crippen LogP contribution < -0.4 is 0 Å². The number of ether oxygens (including phenoxy) is 1. The highest BCUT2D eigenvalue weighted by Gasteiger charge is 2.15. The number of aromatic nitrogens is 3. The summed E-state index contributed by atoms with van der Waals surface area (Å²) in [7, 11) is 1.35. The summed E-state index contributed by atoms with van der Waals surface area (Å²) in [4.78, 5) is 15.7. The fourth-order valence-corrected chi connectivity index (χ4v) is 1.43. The topological polar surface area (TPSA) is 67.9 Å². The zero-order chi connectivity index (χ0) is 11.5. The Morgan fingerprint density at radius 1 is 1.38 bits per heavy atom. The first kappa shape index (κ1) is 10.4. The summed E-state index contributed by atoms with van der Waals surface area (Å²) in [5, 5.41) is 6.76. The lowest BCUT2D eigenvalue weighted by molar-refractivity contribution is 0.0601. The summed E-state index contributed by atoms with van der Waals surface area (Å²) in [6, 6.07) is 7.07. The number of benzene rings is 1. The highest BCUT2D eigenvalue weighted by Crippen LogP contribution is 2.20. The van der Waals surface area contributed by atoms with Gasteiger partial charge in [0.05, 0.1) is 12.7 Å². The van der Waals surface area contributed by atoms with E-state index in [1.807, 2.05) is 6.07 Å². The molecule has 0 aliphatic heterocycles. The third-order valence-corrected chi connectivity index (χ3v) is 2.17. The van der Waals surface area contributed by atoms with Crippen LogP contribution in [-0.2, 0) is 4.74 Å². The lowest BCUT2D eigenvalue weighted by Gasteiger charge is -2.03. The van der Waals surface area contributed by atoms with Gasteiger partial charge in [-0.25, -0.2) is 9.78 Å². The molecule has 0 bridgehead atoms. The number of hydrogen-bond acceptors (Lipinski definition) is 4. The van der Waals surface area contributed by atoms with E-state index in [0.29, 0.717) is 22.8 Å². The first-order valence-electron chi connectivity index (χ1n) is 4.79. The molecule has 5 heteroatoms. The Balaban J connectivity index is 2.52. The molecule has 1 aromatic heterocycles. The average Bonchev–Trinajstić information content (AvgIpc) is 2.75. The number of nitrogens with one attached hydrogen (secondary N) is 1. The molecule has 2 aromatic rings. The minimum absolute atomic E-state index is 0.391. The maximum Gasteiger partial charge on any atom is 0.338 e. The summed E-state index contributed by atoms with van der Waals surface area (Å²) >= 11 is 0. The SMILES string of the molecule is COC(=O)c1ccccc1-c1n[nH]c(C)n1. The fraction of sp³-hybridized carbons (Fsp3) is 0.182. The van der Waals surface area contributed by atoms with Gasteiger partial charge in [0.15, 0.2) is 5.82 Å². The summed E-state index contributed by atoms with van der Waals surface area (Å²) < 4.78 is 4.70. The molecule has 82 valence electrons. The predicted octanol–water partition coefficient (Wildman–Crippen LogP) is 1.57. The first-order chi connectivity index (χ1) is 7.72. The Morgan fingerprint density at radius 3 is 2.75 bits per heavy atom. The van der Waals surface area contributed by atoms with Crippen molar-refractivity contribution in [1.29, 1.82) is 0 Å². The van der Waals surface area contributed by atoms with Gasteiger partial charge in [-0.15, -0.1) is 0 Å². The van der Waals surface area contributed by atoms with E-state index in [0.717, 1.165) is 0 Å². The number of aryl methyl sites for hydroxylation is 1. The van der Waals surface area contributed by atoms with Crippen LogP contribution >= 0.6 is 0 Å². The third kappa shape index (κ3) is 1.79. The first-order valence-corrected chi connectivity index (χ1v) is 4.79. The zero-order valence-corrected chi connectivity index (χ0v) is 9.02. The van der Waals surface area contributed by atoms with Crippen molar-refractivity contribution in [2.45, 2.75) is 6.92 Å². The molecule has 1 N–H and O–H groups in total. The Hall–Kier alpha value is -2.17. The fourth-order valence-electron chi connectivity index (χ4n) is 1.43. The van der Waals surface area contributed by atoms with Gasteiger partial charge in [0.2, 0.25) is 0 Å². The van der Waals surface area contributed by atoms with Crippen LogP contribution in [0.3, 0.4) is 0 Å². The van der Waals surface area contributed by atoms with Gasteiger partial charge in [-0.2, -0.15) is 5.10 Å². The van der Waals surface area contributed by atoms with Gasteiger partial charge in [-0.1, -0.05) is 18.2 Å². The number of esters is 1. The molecule has 0 spiro atoms. The van der Waals surface area contributed by atoms with Crippen molar-refractivity contribution < 1.29 is 9.53 Å². The van der Waals surface area contributed by atoms with Crippen molar-refractivity contribution in [3.63, 3.8) is 0 Å². The number of methoxy groups -OCH3 is 1. The van der Waals surface area contributed by atoms with Gasteiger partial charge in [0, 0.05) is 5.56 Å². The molecule has 0 atom stereocenters. The van der Waals surface area contributed by atoms with Crippen LogP contribution in [0.15, 0.2) is 24.3 Å². The van der Waals surface area contributed by atoms with E-state index in [9.17, 15) is 4.79 Å². The highest BCUT2D eigenvalue weighted by molar-refractivity contribution is 5.96. The number of H-pyrrole nitrogens is 1. The molecular weight excluding hydrogens is 206 g/mol. The molecule has 0 aliphatic rings. The molecule has 0 radical (unpaired) electrons. The van der Waals surface area contributed by atoms with Gasteiger partial charge in [-0.05, 0) is 13.0 Å². The van der Waals surface area contributed by atoms with Crippen LogP contribution in [0.4, 0.5) is 0 Å². The quantitative estimate of drug-likeness (QED) is 0.775. The molecule has 0 amide bonds. The van der Waals surface area contributed by atoms with Gasteiger partial charge in [0.1, 0.15) is 5.82 Å². The maximum atomic E-state index is 11.5. The normalized spacial score (nSPS) is 10.1. The largest absolute Gasteiger partial charge is 0.465 e. The molecule has 2 rings (SSSR count). The standard InChI is InChI=1S/C11H11N3O2/c1-7-12-10(14-13-7)8-5-3-4-6-9(8)11(15)16-2/h3-6H,1-2H3,(H,12,13,14). The Morgan fingerprint density at radius 2 is 2.12 bits per heavy atom. The van der Waals surface area contributed by atoms with E-state index in [1.165, 1.54) is 7.11 Å². The number of nitrogens with zero attached hydrogens (tertiary/aromatic N) is 2. The van der Waals surface area contributed by atoms with Crippen molar-refractivity contribution in [3.05, 3.63) is 35.7 Å². The number of carbonyl (C=O) groups is 1. The molecule has 0 aliphatic carbocycles. The van der Waals surface area contributed by atoms with Crippen LogP contribution in [-0.4, -0.2) is 28.3 Å². The molecule has 0 unspecified atom stereocenters. The summed E-state index contributed by atoms with van der Waals surface area (Å²) in [6.07, 6.45) is 0. The molecule has 0 saturated heterocycles. The average molecular weight is 217 g/mol. The van der Waals surface area contributed by atoms with Crippen LogP contribution in [0.2, 0.25) is 0 Å². The Labute approximate surface area is 92.5 Å². The van der Waals surface area contributed by atoms with E-state index < -0.39 is 5.97 Å². The molecule has 1 heterocycles. The number of carbonyl (C=O) groups excluding carboxylic acids is 1. The van der Waals surface area contributed by atoms with E-state index in [1.54, 1.807) is 25.1 Å². The molecule has 1 aromatic carbocycles. The molecule has 0 fully saturated rings. The second-order valence-corrected chi connectivity index (χ2v) is 3.28. The number of hydrogen-bond donors (Lipinski definition) is 1. The summed E-state index contributed by atoms with van der Waals surface area (Å²) in [6.45, 7) is 1.80. The Bertz CT molecular complexity index is 519. The minimum atomic E-state index is -0.391. The lowest BCUT2D eigenvalue weighted by Crippen LogP contribution is -2.03. The van der Waals surface area contributed by atoms with Gasteiger partial charge < -0.3 is 4.74 Å². The van der Waals surface area contributed by atoms with Crippen molar-refractivity contribution in [2.75, 3.05) is 7.11 Å². The molecular formula is C11H11N3O2. The van der Waals surface area contributed by atoms with Crippen molar-refractivity contribution in [3.8, 4) is 11.4 Å². The minimum Gasteiger partial charge on any atom is -0.465 e. The van der Waals surface area contributed by atoms with Crippen molar-refractivity contribution in [1.82, 2.24) is 15.2 Å². The summed E-state index contributed by atoms with van der Waals surface area (Å²) in [5.41, 5.74) is 1.13. The van der Waals surface area contributed by atoms with E-state index in [4.69, 9.17) is 4.74 Å².